The first kappa shape index (κ1) is 18.2. The van der Waals surface area contributed by atoms with Crippen LogP contribution in [0.4, 0.5) is 4.79 Å². The second-order valence-corrected chi connectivity index (χ2v) is 6.50. The summed E-state index contributed by atoms with van der Waals surface area (Å²) in [5.74, 6) is 0.213. The van der Waals surface area contributed by atoms with Crippen molar-refractivity contribution in [3.63, 3.8) is 0 Å². The van der Waals surface area contributed by atoms with Crippen molar-refractivity contribution in [2.45, 2.75) is 70.3 Å². The molecule has 1 heterocycles. The molecular weight excluding hydrogens is 312 g/mol. The van der Waals surface area contributed by atoms with E-state index in [2.05, 4.69) is 15.5 Å². The summed E-state index contributed by atoms with van der Waals surface area (Å²) in [6, 6.07) is -0.670. The largest absolute Gasteiger partial charge is 0.481 e. The van der Waals surface area contributed by atoms with Crippen LogP contribution in [0.15, 0.2) is 4.52 Å². The highest BCUT2D eigenvalue weighted by molar-refractivity contribution is 5.71. The highest BCUT2D eigenvalue weighted by Crippen LogP contribution is 2.31. The van der Waals surface area contributed by atoms with Crippen molar-refractivity contribution in [2.24, 2.45) is 11.7 Å². The van der Waals surface area contributed by atoms with Crippen LogP contribution in [0.1, 0.15) is 75.4 Å². The Balaban J connectivity index is 1.87. The molecule has 0 aliphatic heterocycles. The lowest BCUT2D eigenvalue weighted by atomic mass is 9.84. The van der Waals surface area contributed by atoms with E-state index < -0.39 is 12.0 Å². The summed E-state index contributed by atoms with van der Waals surface area (Å²) in [7, 11) is 0. The Hall–Kier alpha value is -2.12. The second-order valence-electron chi connectivity index (χ2n) is 6.50. The number of carboxylic acid groups (broad SMARTS) is 1. The van der Waals surface area contributed by atoms with Gasteiger partial charge in [0.2, 0.25) is 5.89 Å². The molecular formula is C16H26N4O4. The number of carbonyl (C=O) groups is 2. The lowest BCUT2D eigenvalue weighted by Gasteiger charge is -2.21. The van der Waals surface area contributed by atoms with Crippen molar-refractivity contribution < 1.29 is 19.2 Å². The predicted molar refractivity (Wildman–Crippen MR) is 86.1 cm³/mol. The van der Waals surface area contributed by atoms with E-state index in [1.54, 1.807) is 0 Å². The lowest BCUT2D eigenvalue weighted by molar-refractivity contribution is -0.137. The van der Waals surface area contributed by atoms with E-state index in [-0.39, 0.29) is 18.9 Å². The molecule has 0 spiro atoms. The summed E-state index contributed by atoms with van der Waals surface area (Å²) in [5.41, 5.74) is 5.00. The van der Waals surface area contributed by atoms with Gasteiger partial charge >= 0.3 is 12.0 Å². The third kappa shape index (κ3) is 6.17. The van der Waals surface area contributed by atoms with E-state index in [4.69, 9.17) is 15.4 Å². The summed E-state index contributed by atoms with van der Waals surface area (Å²) >= 11 is 0. The molecule has 2 amide bonds. The zero-order valence-electron chi connectivity index (χ0n) is 13.9. The number of urea groups is 1. The SMILES string of the molecule is NC(=O)NCc1noc([C@H](CCCC2CCCCC2)CC(=O)O)n1. The Morgan fingerprint density at radius 3 is 2.75 bits per heavy atom. The summed E-state index contributed by atoms with van der Waals surface area (Å²) in [5, 5.41) is 15.3. The molecule has 0 bridgehead atoms. The number of amides is 2. The number of carboxylic acids is 1. The molecule has 0 radical (unpaired) electrons. The zero-order valence-corrected chi connectivity index (χ0v) is 13.9. The number of nitrogens with one attached hydrogen (secondary N) is 1. The first-order valence-electron chi connectivity index (χ1n) is 8.62. The van der Waals surface area contributed by atoms with Gasteiger partial charge in [0.25, 0.3) is 0 Å². The summed E-state index contributed by atoms with van der Waals surface area (Å²) in [4.78, 5) is 26.0. The average Bonchev–Trinajstić information content (AvgIpc) is 3.01. The number of carbonyl (C=O) groups excluding carboxylic acids is 1. The van der Waals surface area contributed by atoms with E-state index in [1.165, 1.54) is 32.1 Å². The molecule has 1 aromatic heterocycles. The van der Waals surface area contributed by atoms with Gasteiger partial charge in [-0.25, -0.2) is 4.79 Å². The fourth-order valence-corrected chi connectivity index (χ4v) is 3.32. The predicted octanol–water partition coefficient (Wildman–Crippen LogP) is 2.55. The fourth-order valence-electron chi connectivity index (χ4n) is 3.32. The molecule has 1 saturated carbocycles. The zero-order chi connectivity index (χ0) is 17.4. The van der Waals surface area contributed by atoms with Gasteiger partial charge in [-0.05, 0) is 12.3 Å². The number of rotatable bonds is 9. The molecule has 1 fully saturated rings. The molecule has 1 atom stereocenters. The Labute approximate surface area is 141 Å². The number of hydrogen-bond donors (Lipinski definition) is 3. The number of aliphatic carboxylic acids is 1. The molecule has 0 saturated heterocycles. The van der Waals surface area contributed by atoms with E-state index in [9.17, 15) is 9.59 Å². The second kappa shape index (κ2) is 9.24. The highest BCUT2D eigenvalue weighted by atomic mass is 16.5. The molecule has 8 nitrogen and oxygen atoms in total. The van der Waals surface area contributed by atoms with Crippen LogP contribution in [0.25, 0.3) is 0 Å². The first-order chi connectivity index (χ1) is 11.5. The Morgan fingerprint density at radius 2 is 2.08 bits per heavy atom. The normalized spacial score (nSPS) is 16.7. The van der Waals surface area contributed by atoms with Gasteiger partial charge in [0.15, 0.2) is 5.82 Å². The van der Waals surface area contributed by atoms with Gasteiger partial charge in [0.1, 0.15) is 0 Å². The summed E-state index contributed by atoms with van der Waals surface area (Å²) in [6.07, 6.45) is 9.29. The molecule has 1 aliphatic rings. The Bertz CT molecular complexity index is 540. The van der Waals surface area contributed by atoms with Gasteiger partial charge in [-0.2, -0.15) is 4.98 Å². The molecule has 24 heavy (non-hydrogen) atoms. The van der Waals surface area contributed by atoms with Crippen molar-refractivity contribution in [3.05, 3.63) is 11.7 Å². The van der Waals surface area contributed by atoms with Crippen LogP contribution in [0.5, 0.6) is 0 Å². The summed E-state index contributed by atoms with van der Waals surface area (Å²) < 4.78 is 5.19. The smallest absolute Gasteiger partial charge is 0.312 e. The van der Waals surface area contributed by atoms with Gasteiger partial charge in [-0.1, -0.05) is 50.1 Å². The quantitative estimate of drug-likeness (QED) is 0.634. The molecule has 8 heteroatoms. The first-order valence-corrected chi connectivity index (χ1v) is 8.62. The van der Waals surface area contributed by atoms with E-state index in [0.29, 0.717) is 18.1 Å². The van der Waals surface area contributed by atoms with Crippen LogP contribution in [0.3, 0.4) is 0 Å². The Morgan fingerprint density at radius 1 is 1.33 bits per heavy atom. The van der Waals surface area contributed by atoms with Crippen LogP contribution in [-0.2, 0) is 11.3 Å². The maximum Gasteiger partial charge on any atom is 0.312 e. The van der Waals surface area contributed by atoms with Gasteiger partial charge < -0.3 is 20.7 Å². The topological polar surface area (TPSA) is 131 Å². The van der Waals surface area contributed by atoms with Gasteiger partial charge in [0.05, 0.1) is 13.0 Å². The van der Waals surface area contributed by atoms with Crippen LogP contribution >= 0.6 is 0 Å². The maximum absolute atomic E-state index is 11.1. The maximum atomic E-state index is 11.1. The fraction of sp³-hybridized carbons (Fsp3) is 0.750. The minimum atomic E-state index is -0.882. The van der Waals surface area contributed by atoms with E-state index in [1.807, 2.05) is 0 Å². The standard InChI is InChI=1S/C16H26N4O4/c17-16(23)18-10-13-19-15(24-20-13)12(9-14(21)22)8-4-7-11-5-2-1-3-6-11/h11-12H,1-10H2,(H,21,22)(H3,17,18,23)/t12-/m1/s1. The van der Waals surface area contributed by atoms with Gasteiger partial charge in [-0.15, -0.1) is 0 Å². The molecule has 4 N–H and O–H groups in total. The highest BCUT2D eigenvalue weighted by Gasteiger charge is 2.23. The molecule has 1 aliphatic carbocycles. The Kier molecular flexibility index (Phi) is 7.02. The molecule has 2 rings (SSSR count). The van der Waals surface area contributed by atoms with Crippen molar-refractivity contribution in [1.82, 2.24) is 15.5 Å². The average molecular weight is 338 g/mol. The van der Waals surface area contributed by atoms with Crippen molar-refractivity contribution in [1.29, 1.82) is 0 Å². The lowest BCUT2D eigenvalue weighted by Crippen LogP contribution is -2.29. The van der Waals surface area contributed by atoms with Crippen LogP contribution in [-0.4, -0.2) is 27.2 Å². The number of nitrogens with zero attached hydrogens (tertiary/aromatic N) is 2. The summed E-state index contributed by atoms with van der Waals surface area (Å²) in [6.45, 7) is 0.0701. The van der Waals surface area contributed by atoms with Gasteiger partial charge in [0, 0.05) is 5.92 Å². The molecule has 134 valence electrons. The number of aromatic nitrogens is 2. The van der Waals surface area contributed by atoms with Crippen molar-refractivity contribution >= 4 is 12.0 Å². The minimum Gasteiger partial charge on any atom is -0.481 e. The number of primary amides is 1. The van der Waals surface area contributed by atoms with Crippen LogP contribution < -0.4 is 11.1 Å². The number of nitrogens with two attached hydrogens (primary N) is 1. The molecule has 0 unspecified atom stereocenters. The third-order valence-corrected chi connectivity index (χ3v) is 4.56. The van der Waals surface area contributed by atoms with Crippen LogP contribution in [0.2, 0.25) is 0 Å². The van der Waals surface area contributed by atoms with E-state index >= 15 is 0 Å². The minimum absolute atomic E-state index is 0.0322. The van der Waals surface area contributed by atoms with Gasteiger partial charge in [-0.3, -0.25) is 4.79 Å². The molecule has 0 aromatic carbocycles. The monoisotopic (exact) mass is 338 g/mol. The number of hydrogen-bond acceptors (Lipinski definition) is 5. The van der Waals surface area contributed by atoms with Crippen LogP contribution in [0, 0.1) is 5.92 Å². The van der Waals surface area contributed by atoms with E-state index in [0.717, 1.165) is 18.8 Å². The molecule has 1 aromatic rings. The van der Waals surface area contributed by atoms with Crippen molar-refractivity contribution in [3.8, 4) is 0 Å². The third-order valence-electron chi connectivity index (χ3n) is 4.56. The van der Waals surface area contributed by atoms with Crippen molar-refractivity contribution in [2.75, 3.05) is 0 Å².